The zero-order valence-corrected chi connectivity index (χ0v) is 12.7. The molecule has 21 heavy (non-hydrogen) atoms. The smallest absolute Gasteiger partial charge is 0.119 e. The van der Waals surface area contributed by atoms with E-state index in [0.29, 0.717) is 6.54 Å². The van der Waals surface area contributed by atoms with E-state index in [-0.39, 0.29) is 12.0 Å². The van der Waals surface area contributed by atoms with Crippen molar-refractivity contribution in [3.63, 3.8) is 0 Å². The highest BCUT2D eigenvalue weighted by Gasteiger charge is 2.24. The number of hydrogen-bond donors (Lipinski definition) is 2. The fourth-order valence-electron chi connectivity index (χ4n) is 2.38. The molecular weight excluding hydrogens is 266 g/mol. The summed E-state index contributed by atoms with van der Waals surface area (Å²) in [7, 11) is 1.63. The number of ether oxygens (including phenoxy) is 1. The normalized spacial score (nSPS) is 14.1. The van der Waals surface area contributed by atoms with Gasteiger partial charge in [-0.1, -0.05) is 26.0 Å². The Hall–Kier alpha value is -1.78. The molecule has 1 heterocycles. The molecular formula is C17H23NO3. The van der Waals surface area contributed by atoms with Gasteiger partial charge in [0.2, 0.25) is 0 Å². The van der Waals surface area contributed by atoms with E-state index in [0.717, 1.165) is 17.1 Å². The van der Waals surface area contributed by atoms with E-state index in [2.05, 4.69) is 19.2 Å². The Morgan fingerprint density at radius 1 is 1.24 bits per heavy atom. The van der Waals surface area contributed by atoms with Crippen molar-refractivity contribution in [3.8, 4) is 5.75 Å². The zero-order valence-electron chi connectivity index (χ0n) is 12.7. The summed E-state index contributed by atoms with van der Waals surface area (Å²) in [6.07, 6.45) is 1.05. The quantitative estimate of drug-likeness (QED) is 0.822. The van der Waals surface area contributed by atoms with Gasteiger partial charge < -0.3 is 19.6 Å². The van der Waals surface area contributed by atoms with Gasteiger partial charge in [0.15, 0.2) is 0 Å². The van der Waals surface area contributed by atoms with E-state index < -0.39 is 6.10 Å². The number of aliphatic hydroxyl groups is 1. The summed E-state index contributed by atoms with van der Waals surface area (Å²) < 4.78 is 10.5. The summed E-state index contributed by atoms with van der Waals surface area (Å²) in [5.41, 5.74) is 0.847. The Morgan fingerprint density at radius 3 is 2.67 bits per heavy atom. The highest BCUT2D eigenvalue weighted by atomic mass is 16.5. The molecule has 1 aromatic heterocycles. The minimum atomic E-state index is -0.602. The van der Waals surface area contributed by atoms with Crippen LogP contribution in [-0.2, 0) is 6.54 Å². The third kappa shape index (κ3) is 4.09. The summed E-state index contributed by atoms with van der Waals surface area (Å²) in [6.45, 7) is 4.77. The monoisotopic (exact) mass is 289 g/mol. The van der Waals surface area contributed by atoms with Crippen LogP contribution in [0.2, 0.25) is 0 Å². The van der Waals surface area contributed by atoms with Gasteiger partial charge in [-0.2, -0.15) is 0 Å². The van der Waals surface area contributed by atoms with Crippen molar-refractivity contribution >= 4 is 0 Å². The van der Waals surface area contributed by atoms with Crippen LogP contribution in [0.4, 0.5) is 0 Å². The van der Waals surface area contributed by atoms with Crippen LogP contribution in [0.15, 0.2) is 47.1 Å². The molecule has 2 aromatic rings. The van der Waals surface area contributed by atoms with Crippen LogP contribution in [0, 0.1) is 5.92 Å². The minimum Gasteiger partial charge on any atom is -0.497 e. The highest BCUT2D eigenvalue weighted by Crippen LogP contribution is 2.25. The average molecular weight is 289 g/mol. The molecule has 0 aliphatic carbocycles. The summed E-state index contributed by atoms with van der Waals surface area (Å²) in [4.78, 5) is 0. The molecule has 114 valence electrons. The van der Waals surface area contributed by atoms with Gasteiger partial charge in [-0.15, -0.1) is 0 Å². The lowest BCUT2D eigenvalue weighted by Gasteiger charge is -2.27. The van der Waals surface area contributed by atoms with Crippen LogP contribution in [0.5, 0.6) is 5.75 Å². The summed E-state index contributed by atoms with van der Waals surface area (Å²) in [6, 6.07) is 11.3. The molecule has 0 amide bonds. The fourth-order valence-corrected chi connectivity index (χ4v) is 2.38. The van der Waals surface area contributed by atoms with Crippen molar-refractivity contribution in [1.29, 1.82) is 0 Å². The zero-order chi connectivity index (χ0) is 15.2. The van der Waals surface area contributed by atoms with Crippen molar-refractivity contribution in [2.24, 2.45) is 5.92 Å². The van der Waals surface area contributed by atoms with Crippen LogP contribution in [0.25, 0.3) is 0 Å². The first-order chi connectivity index (χ1) is 10.1. The molecule has 0 fully saturated rings. The third-order valence-electron chi connectivity index (χ3n) is 3.59. The predicted molar refractivity (Wildman–Crippen MR) is 82.1 cm³/mol. The maximum atomic E-state index is 10.7. The Labute approximate surface area is 125 Å². The van der Waals surface area contributed by atoms with Crippen LogP contribution in [0.3, 0.4) is 0 Å². The molecule has 2 N–H and O–H groups in total. The molecule has 0 saturated heterocycles. The second kappa shape index (κ2) is 7.29. The molecule has 0 spiro atoms. The largest absolute Gasteiger partial charge is 0.497 e. The highest BCUT2D eigenvalue weighted by molar-refractivity contribution is 5.30. The Bertz CT molecular complexity index is 537. The minimum absolute atomic E-state index is 0.0674. The SMILES string of the molecule is COc1cccc(C(O)C(NCc2ccco2)C(C)C)c1. The number of methoxy groups -OCH3 is 1. The van der Waals surface area contributed by atoms with Gasteiger partial charge in [-0.25, -0.2) is 0 Å². The molecule has 1 aromatic carbocycles. The maximum Gasteiger partial charge on any atom is 0.119 e. The van der Waals surface area contributed by atoms with Gasteiger partial charge in [-0.05, 0) is 35.7 Å². The number of benzene rings is 1. The first kappa shape index (κ1) is 15.6. The van der Waals surface area contributed by atoms with Gasteiger partial charge in [0.05, 0.1) is 26.0 Å². The second-order valence-electron chi connectivity index (χ2n) is 5.45. The van der Waals surface area contributed by atoms with Crippen LogP contribution >= 0.6 is 0 Å². The molecule has 4 nitrogen and oxygen atoms in total. The number of aliphatic hydroxyl groups excluding tert-OH is 1. The molecule has 0 bridgehead atoms. The molecule has 0 aliphatic heterocycles. The van der Waals surface area contributed by atoms with Gasteiger partial charge in [0, 0.05) is 6.04 Å². The van der Waals surface area contributed by atoms with Crippen LogP contribution in [0.1, 0.15) is 31.3 Å². The standard InChI is InChI=1S/C17H23NO3/c1-12(2)16(18-11-15-8-5-9-21-15)17(19)13-6-4-7-14(10-13)20-3/h4-10,12,16-19H,11H2,1-3H3. The van der Waals surface area contributed by atoms with Crippen LogP contribution in [-0.4, -0.2) is 18.3 Å². The molecule has 2 atom stereocenters. The lowest BCUT2D eigenvalue weighted by atomic mass is 9.93. The molecule has 0 aliphatic rings. The average Bonchev–Trinajstić information content (AvgIpc) is 3.00. The van der Waals surface area contributed by atoms with Gasteiger partial charge in [0.25, 0.3) is 0 Å². The summed E-state index contributed by atoms with van der Waals surface area (Å²) in [5.74, 6) is 1.89. The second-order valence-corrected chi connectivity index (χ2v) is 5.45. The topological polar surface area (TPSA) is 54.6 Å². The Balaban J connectivity index is 2.08. The number of nitrogens with one attached hydrogen (secondary N) is 1. The molecule has 2 unspecified atom stereocenters. The van der Waals surface area contributed by atoms with E-state index in [1.54, 1.807) is 13.4 Å². The van der Waals surface area contributed by atoms with Crippen molar-refractivity contribution in [2.45, 2.75) is 32.5 Å². The van der Waals surface area contributed by atoms with Crippen molar-refractivity contribution in [1.82, 2.24) is 5.32 Å². The van der Waals surface area contributed by atoms with Crippen molar-refractivity contribution in [2.75, 3.05) is 7.11 Å². The fraction of sp³-hybridized carbons (Fsp3) is 0.412. The third-order valence-corrected chi connectivity index (χ3v) is 3.59. The molecule has 0 saturated carbocycles. The Morgan fingerprint density at radius 2 is 2.05 bits per heavy atom. The first-order valence-corrected chi connectivity index (χ1v) is 7.19. The van der Waals surface area contributed by atoms with Crippen molar-refractivity contribution in [3.05, 3.63) is 54.0 Å². The van der Waals surface area contributed by atoms with E-state index in [9.17, 15) is 5.11 Å². The maximum absolute atomic E-state index is 10.7. The van der Waals surface area contributed by atoms with Crippen molar-refractivity contribution < 1.29 is 14.3 Å². The number of furan rings is 1. The predicted octanol–water partition coefficient (Wildman–Crippen LogP) is 3.14. The number of hydrogen-bond acceptors (Lipinski definition) is 4. The summed E-state index contributed by atoms with van der Waals surface area (Å²) in [5, 5.41) is 14.0. The van der Waals surface area contributed by atoms with Gasteiger partial charge in [-0.3, -0.25) is 0 Å². The lowest BCUT2D eigenvalue weighted by Crippen LogP contribution is -2.38. The first-order valence-electron chi connectivity index (χ1n) is 7.19. The lowest BCUT2D eigenvalue weighted by molar-refractivity contribution is 0.103. The van der Waals surface area contributed by atoms with Gasteiger partial charge in [0.1, 0.15) is 11.5 Å². The molecule has 0 radical (unpaired) electrons. The van der Waals surface area contributed by atoms with Gasteiger partial charge >= 0.3 is 0 Å². The van der Waals surface area contributed by atoms with Crippen LogP contribution < -0.4 is 10.1 Å². The van der Waals surface area contributed by atoms with E-state index in [4.69, 9.17) is 9.15 Å². The van der Waals surface area contributed by atoms with E-state index in [1.165, 1.54) is 0 Å². The van der Waals surface area contributed by atoms with E-state index in [1.807, 2.05) is 36.4 Å². The number of rotatable bonds is 7. The summed E-state index contributed by atoms with van der Waals surface area (Å²) >= 11 is 0. The molecule has 2 rings (SSSR count). The Kier molecular flexibility index (Phi) is 5.42. The van der Waals surface area contributed by atoms with E-state index >= 15 is 0 Å². The molecule has 4 heteroatoms.